The molecule has 2 rings (SSSR count). The van der Waals surface area contributed by atoms with Gasteiger partial charge in [0.05, 0.1) is 18.0 Å². The van der Waals surface area contributed by atoms with Crippen molar-refractivity contribution in [2.75, 3.05) is 23.7 Å². The average molecular weight is 423 g/mol. The minimum absolute atomic E-state index is 0.0152. The molecule has 0 saturated heterocycles. The molecule has 0 aliphatic heterocycles. The molecule has 2 aromatic carbocycles. The number of sulfonamides is 1. The van der Waals surface area contributed by atoms with Gasteiger partial charge in [-0.3, -0.25) is 9.10 Å². The van der Waals surface area contributed by atoms with Gasteiger partial charge in [-0.25, -0.2) is 12.8 Å². The van der Waals surface area contributed by atoms with Crippen molar-refractivity contribution < 1.29 is 22.3 Å². The highest BCUT2D eigenvalue weighted by Gasteiger charge is 2.20. The average Bonchev–Trinajstić information content (AvgIpc) is 2.64. The van der Waals surface area contributed by atoms with Crippen molar-refractivity contribution in [1.29, 1.82) is 0 Å². The summed E-state index contributed by atoms with van der Waals surface area (Å²) in [5.41, 5.74) is 0.996. The number of amides is 1. The number of hydrogen-bond donors (Lipinski definition) is 1. The summed E-state index contributed by atoms with van der Waals surface area (Å²) >= 11 is 0. The normalized spacial score (nSPS) is 12.3. The third-order valence-corrected chi connectivity index (χ3v) is 5.46. The molecule has 1 atom stereocenters. The Hall–Kier alpha value is -2.61. The van der Waals surface area contributed by atoms with Gasteiger partial charge in [0, 0.05) is 13.0 Å². The Bertz CT molecular complexity index is 934. The van der Waals surface area contributed by atoms with Crippen molar-refractivity contribution in [1.82, 2.24) is 5.32 Å². The van der Waals surface area contributed by atoms with E-state index >= 15 is 0 Å². The van der Waals surface area contributed by atoms with Gasteiger partial charge >= 0.3 is 0 Å². The SMILES string of the molecule is Cc1ccccc1OC[C@H](C)NC(=O)CCCN(c1ccccc1F)S(C)(=O)=O. The fourth-order valence-electron chi connectivity index (χ4n) is 2.82. The van der Waals surface area contributed by atoms with E-state index in [0.29, 0.717) is 6.61 Å². The lowest BCUT2D eigenvalue weighted by molar-refractivity contribution is -0.121. The second-order valence-electron chi connectivity index (χ2n) is 6.94. The zero-order valence-electron chi connectivity index (χ0n) is 16.9. The second-order valence-corrected chi connectivity index (χ2v) is 8.84. The molecule has 1 amide bonds. The van der Waals surface area contributed by atoms with Crippen LogP contribution >= 0.6 is 0 Å². The first-order valence-electron chi connectivity index (χ1n) is 9.38. The van der Waals surface area contributed by atoms with Gasteiger partial charge in [0.15, 0.2) is 0 Å². The van der Waals surface area contributed by atoms with E-state index in [1.54, 1.807) is 6.07 Å². The first-order chi connectivity index (χ1) is 13.7. The van der Waals surface area contributed by atoms with Crippen LogP contribution in [0, 0.1) is 12.7 Å². The lowest BCUT2D eigenvalue weighted by Crippen LogP contribution is -2.37. The fraction of sp³-hybridized carbons (Fsp3) is 0.381. The molecule has 1 N–H and O–H groups in total. The number of benzene rings is 2. The molecule has 2 aromatic rings. The van der Waals surface area contributed by atoms with Gasteiger partial charge in [0.2, 0.25) is 15.9 Å². The van der Waals surface area contributed by atoms with Crippen molar-refractivity contribution in [2.45, 2.75) is 32.7 Å². The van der Waals surface area contributed by atoms with Crippen molar-refractivity contribution in [2.24, 2.45) is 0 Å². The van der Waals surface area contributed by atoms with Gasteiger partial charge in [0.1, 0.15) is 18.2 Å². The van der Waals surface area contributed by atoms with Gasteiger partial charge < -0.3 is 10.1 Å². The van der Waals surface area contributed by atoms with E-state index in [-0.39, 0.29) is 37.0 Å². The van der Waals surface area contributed by atoms with E-state index in [4.69, 9.17) is 4.74 Å². The third-order valence-electron chi connectivity index (χ3n) is 4.28. The van der Waals surface area contributed by atoms with Gasteiger partial charge in [-0.05, 0) is 44.0 Å². The van der Waals surface area contributed by atoms with E-state index in [9.17, 15) is 17.6 Å². The molecular formula is C21H27FN2O4S. The maximum Gasteiger partial charge on any atom is 0.232 e. The number of para-hydroxylation sites is 2. The molecule has 8 heteroatoms. The first-order valence-corrected chi connectivity index (χ1v) is 11.2. The van der Waals surface area contributed by atoms with Crippen molar-refractivity contribution in [3.63, 3.8) is 0 Å². The standard InChI is InChI=1S/C21H27FN2O4S/c1-16-9-4-7-12-20(16)28-15-17(2)23-21(25)13-8-14-24(29(3,26)27)19-11-6-5-10-18(19)22/h4-7,9-12,17H,8,13-15H2,1-3H3,(H,23,25)/t17-/m0/s1. The Morgan fingerprint density at radius 1 is 1.17 bits per heavy atom. The molecule has 0 bridgehead atoms. The Morgan fingerprint density at radius 2 is 1.83 bits per heavy atom. The van der Waals surface area contributed by atoms with Crippen LogP contribution in [0.5, 0.6) is 5.75 Å². The summed E-state index contributed by atoms with van der Waals surface area (Å²) in [6, 6.07) is 13.1. The molecule has 0 spiro atoms. The highest BCUT2D eigenvalue weighted by molar-refractivity contribution is 7.92. The van der Waals surface area contributed by atoms with Crippen LogP contribution in [0.4, 0.5) is 10.1 Å². The summed E-state index contributed by atoms with van der Waals surface area (Å²) in [5.74, 6) is -0.0699. The van der Waals surface area contributed by atoms with Crippen LogP contribution in [0.3, 0.4) is 0 Å². The molecule has 0 aliphatic rings. The summed E-state index contributed by atoms with van der Waals surface area (Å²) in [5, 5.41) is 2.83. The number of nitrogens with one attached hydrogen (secondary N) is 1. The topological polar surface area (TPSA) is 75.7 Å². The van der Waals surface area contributed by atoms with Crippen molar-refractivity contribution in [3.8, 4) is 5.75 Å². The lowest BCUT2D eigenvalue weighted by Gasteiger charge is -2.23. The molecule has 0 unspecified atom stereocenters. The summed E-state index contributed by atoms with van der Waals surface area (Å²) in [7, 11) is -3.66. The number of carbonyl (C=O) groups is 1. The molecule has 0 aliphatic carbocycles. The molecule has 0 heterocycles. The summed E-state index contributed by atoms with van der Waals surface area (Å²) in [6.07, 6.45) is 1.40. The maximum atomic E-state index is 14.0. The molecule has 0 aromatic heterocycles. The predicted octanol–water partition coefficient (Wildman–Crippen LogP) is 3.26. The number of aryl methyl sites for hydroxylation is 1. The maximum absolute atomic E-state index is 14.0. The smallest absolute Gasteiger partial charge is 0.232 e. The van der Waals surface area contributed by atoms with Gasteiger partial charge in [-0.2, -0.15) is 0 Å². The lowest BCUT2D eigenvalue weighted by atomic mass is 10.2. The minimum atomic E-state index is -3.66. The van der Waals surface area contributed by atoms with Crippen LogP contribution in [-0.4, -0.2) is 39.8 Å². The number of hydrogen-bond acceptors (Lipinski definition) is 4. The van der Waals surface area contributed by atoms with Gasteiger partial charge in [-0.1, -0.05) is 30.3 Å². The van der Waals surface area contributed by atoms with E-state index < -0.39 is 15.8 Å². The third kappa shape index (κ3) is 7.05. The van der Waals surface area contributed by atoms with Crippen LogP contribution in [0.1, 0.15) is 25.3 Å². The summed E-state index contributed by atoms with van der Waals surface area (Å²) < 4.78 is 44.7. The van der Waals surface area contributed by atoms with Crippen molar-refractivity contribution >= 4 is 21.6 Å². The van der Waals surface area contributed by atoms with Crippen molar-refractivity contribution in [3.05, 3.63) is 59.9 Å². The Balaban J connectivity index is 1.83. The van der Waals surface area contributed by atoms with Crippen LogP contribution in [-0.2, 0) is 14.8 Å². The Labute approximate surface area is 171 Å². The molecular weight excluding hydrogens is 395 g/mol. The Kier molecular flexibility index (Phi) is 8.01. The number of carbonyl (C=O) groups excluding carboxylic acids is 1. The summed E-state index contributed by atoms with van der Waals surface area (Å²) in [6.45, 7) is 4.11. The van der Waals surface area contributed by atoms with Crippen LogP contribution in [0.25, 0.3) is 0 Å². The van der Waals surface area contributed by atoms with Crippen LogP contribution in [0.2, 0.25) is 0 Å². The predicted molar refractivity (Wildman–Crippen MR) is 112 cm³/mol. The van der Waals surface area contributed by atoms with E-state index in [2.05, 4.69) is 5.32 Å². The number of ether oxygens (including phenoxy) is 1. The highest BCUT2D eigenvalue weighted by Crippen LogP contribution is 2.22. The number of anilines is 1. The Morgan fingerprint density at radius 3 is 2.48 bits per heavy atom. The minimum Gasteiger partial charge on any atom is -0.491 e. The fourth-order valence-corrected chi connectivity index (χ4v) is 3.79. The molecule has 0 radical (unpaired) electrons. The van der Waals surface area contributed by atoms with E-state index in [0.717, 1.165) is 21.9 Å². The number of nitrogens with zero attached hydrogens (tertiary/aromatic N) is 1. The second kappa shape index (κ2) is 10.2. The molecule has 29 heavy (non-hydrogen) atoms. The molecule has 158 valence electrons. The summed E-state index contributed by atoms with van der Waals surface area (Å²) in [4.78, 5) is 12.2. The zero-order valence-corrected chi connectivity index (χ0v) is 17.7. The first kappa shape index (κ1) is 22.7. The molecule has 0 saturated carbocycles. The van der Waals surface area contributed by atoms with Crippen LogP contribution < -0.4 is 14.4 Å². The van der Waals surface area contributed by atoms with Gasteiger partial charge in [-0.15, -0.1) is 0 Å². The highest BCUT2D eigenvalue weighted by atomic mass is 32.2. The van der Waals surface area contributed by atoms with E-state index in [1.165, 1.54) is 18.2 Å². The number of rotatable bonds is 10. The quantitative estimate of drug-likeness (QED) is 0.638. The van der Waals surface area contributed by atoms with Gasteiger partial charge in [0.25, 0.3) is 0 Å². The van der Waals surface area contributed by atoms with Crippen LogP contribution in [0.15, 0.2) is 48.5 Å². The zero-order chi connectivity index (χ0) is 21.4. The van der Waals surface area contributed by atoms with E-state index in [1.807, 2.05) is 38.1 Å². The number of halogens is 1. The monoisotopic (exact) mass is 422 g/mol. The largest absolute Gasteiger partial charge is 0.491 e. The molecule has 0 fully saturated rings. The molecule has 6 nitrogen and oxygen atoms in total.